The van der Waals surface area contributed by atoms with Gasteiger partial charge in [-0.25, -0.2) is 0 Å². The van der Waals surface area contributed by atoms with Crippen molar-refractivity contribution < 1.29 is 14.7 Å². The SMILES string of the molecule is NC(=O)c1cn(C[C@H]2C[C@@H]3CCN2C[C@H]3C(=O)Nc2cccc(O)c2)nn1. The lowest BCUT2D eigenvalue weighted by Crippen LogP contribution is -2.57. The van der Waals surface area contributed by atoms with Crippen LogP contribution in [-0.4, -0.2) is 55.9 Å². The molecule has 27 heavy (non-hydrogen) atoms. The highest BCUT2D eigenvalue weighted by molar-refractivity contribution is 5.93. The van der Waals surface area contributed by atoms with Gasteiger partial charge in [0.1, 0.15) is 5.75 Å². The Balaban J connectivity index is 1.39. The molecule has 4 heterocycles. The van der Waals surface area contributed by atoms with Gasteiger partial charge in [-0.15, -0.1) is 5.10 Å². The van der Waals surface area contributed by atoms with Crippen LogP contribution in [0.25, 0.3) is 0 Å². The Kier molecular flexibility index (Phi) is 4.53. The molecule has 142 valence electrons. The quantitative estimate of drug-likeness (QED) is 0.701. The largest absolute Gasteiger partial charge is 0.508 e. The molecule has 0 radical (unpaired) electrons. The molecule has 2 bridgehead atoms. The van der Waals surface area contributed by atoms with Crippen molar-refractivity contribution in [2.24, 2.45) is 17.6 Å². The van der Waals surface area contributed by atoms with Crippen molar-refractivity contribution in [1.29, 1.82) is 0 Å². The molecule has 9 heteroatoms. The monoisotopic (exact) mass is 370 g/mol. The highest BCUT2D eigenvalue weighted by atomic mass is 16.3. The molecule has 2 aromatic rings. The lowest BCUT2D eigenvalue weighted by Gasteiger charge is -2.49. The number of nitrogens with two attached hydrogens (primary N) is 1. The molecule has 3 aliphatic heterocycles. The Bertz CT molecular complexity index is 866. The van der Waals surface area contributed by atoms with Crippen LogP contribution in [0.3, 0.4) is 0 Å². The summed E-state index contributed by atoms with van der Waals surface area (Å²) in [4.78, 5) is 26.2. The fourth-order valence-corrected chi connectivity index (χ4v) is 4.16. The number of fused-ring (bicyclic) bond motifs is 3. The molecule has 3 saturated heterocycles. The second kappa shape index (κ2) is 6.99. The number of piperidine rings is 3. The first-order valence-corrected chi connectivity index (χ1v) is 9.03. The zero-order valence-corrected chi connectivity index (χ0v) is 14.8. The number of primary amides is 1. The predicted molar refractivity (Wildman–Crippen MR) is 96.9 cm³/mol. The summed E-state index contributed by atoms with van der Waals surface area (Å²) < 4.78 is 1.65. The fourth-order valence-electron chi connectivity index (χ4n) is 4.16. The van der Waals surface area contributed by atoms with Gasteiger partial charge in [-0.1, -0.05) is 11.3 Å². The van der Waals surface area contributed by atoms with Crippen LogP contribution in [0.4, 0.5) is 5.69 Å². The second-order valence-corrected chi connectivity index (χ2v) is 7.27. The smallest absolute Gasteiger partial charge is 0.270 e. The molecule has 4 atom stereocenters. The maximum atomic E-state index is 12.7. The summed E-state index contributed by atoms with van der Waals surface area (Å²) in [7, 11) is 0. The molecule has 1 aromatic carbocycles. The van der Waals surface area contributed by atoms with Crippen LogP contribution in [0.1, 0.15) is 23.3 Å². The number of benzene rings is 1. The molecule has 3 fully saturated rings. The highest BCUT2D eigenvalue weighted by Gasteiger charge is 2.43. The average molecular weight is 370 g/mol. The number of carbonyl (C=O) groups is 2. The maximum Gasteiger partial charge on any atom is 0.270 e. The molecule has 9 nitrogen and oxygen atoms in total. The lowest BCUT2D eigenvalue weighted by molar-refractivity contribution is -0.127. The second-order valence-electron chi connectivity index (χ2n) is 7.27. The summed E-state index contributed by atoms with van der Waals surface area (Å²) in [5.41, 5.74) is 5.99. The van der Waals surface area contributed by atoms with Gasteiger partial charge in [0.15, 0.2) is 5.69 Å². The third-order valence-electron chi connectivity index (χ3n) is 5.52. The number of anilines is 1. The van der Waals surface area contributed by atoms with Gasteiger partial charge in [-0.3, -0.25) is 19.2 Å². The molecule has 0 spiro atoms. The molecule has 0 aliphatic carbocycles. The molecule has 0 saturated carbocycles. The lowest BCUT2D eigenvalue weighted by atomic mass is 9.75. The number of amides is 2. The van der Waals surface area contributed by atoms with Crippen LogP contribution >= 0.6 is 0 Å². The van der Waals surface area contributed by atoms with Crippen molar-refractivity contribution in [2.45, 2.75) is 25.4 Å². The van der Waals surface area contributed by atoms with E-state index >= 15 is 0 Å². The van der Waals surface area contributed by atoms with Crippen molar-refractivity contribution in [3.8, 4) is 5.75 Å². The van der Waals surface area contributed by atoms with Crippen molar-refractivity contribution in [2.75, 3.05) is 18.4 Å². The van der Waals surface area contributed by atoms with Gasteiger partial charge in [0, 0.05) is 24.3 Å². The zero-order valence-electron chi connectivity index (χ0n) is 14.8. The number of rotatable bonds is 5. The summed E-state index contributed by atoms with van der Waals surface area (Å²) in [5, 5.41) is 20.2. The third-order valence-corrected chi connectivity index (χ3v) is 5.52. The number of nitrogens with zero attached hydrogens (tertiary/aromatic N) is 4. The van der Waals surface area contributed by atoms with Crippen LogP contribution in [0, 0.1) is 11.8 Å². The van der Waals surface area contributed by atoms with Gasteiger partial charge in [0.25, 0.3) is 5.91 Å². The number of carbonyl (C=O) groups excluding carboxylic acids is 2. The van der Waals surface area contributed by atoms with Gasteiger partial charge >= 0.3 is 0 Å². The Hall–Kier alpha value is -2.94. The van der Waals surface area contributed by atoms with Gasteiger partial charge in [0.05, 0.1) is 18.7 Å². The number of aromatic hydroxyl groups is 1. The third kappa shape index (κ3) is 3.63. The van der Waals surface area contributed by atoms with Crippen molar-refractivity contribution in [3.63, 3.8) is 0 Å². The molecular formula is C18H22N6O3. The Morgan fingerprint density at radius 3 is 2.89 bits per heavy atom. The number of aromatic nitrogens is 3. The van der Waals surface area contributed by atoms with E-state index in [1.165, 1.54) is 0 Å². The highest BCUT2D eigenvalue weighted by Crippen LogP contribution is 2.37. The van der Waals surface area contributed by atoms with E-state index in [-0.39, 0.29) is 29.3 Å². The van der Waals surface area contributed by atoms with Gasteiger partial charge in [0.2, 0.25) is 5.91 Å². The minimum absolute atomic E-state index is 0.00878. The van der Waals surface area contributed by atoms with E-state index in [0.29, 0.717) is 24.7 Å². The molecule has 1 aromatic heterocycles. The van der Waals surface area contributed by atoms with Crippen molar-refractivity contribution in [3.05, 3.63) is 36.2 Å². The van der Waals surface area contributed by atoms with E-state index in [4.69, 9.17) is 5.73 Å². The Morgan fingerprint density at radius 1 is 1.37 bits per heavy atom. The number of phenols is 1. The number of phenolic OH excluding ortho intramolecular Hbond substituents is 1. The first-order valence-electron chi connectivity index (χ1n) is 9.03. The molecule has 2 amide bonds. The predicted octanol–water partition coefficient (Wildman–Crippen LogP) is 0.432. The summed E-state index contributed by atoms with van der Waals surface area (Å²) in [6, 6.07) is 6.85. The van der Waals surface area contributed by atoms with Gasteiger partial charge in [-0.2, -0.15) is 0 Å². The topological polar surface area (TPSA) is 126 Å². The van der Waals surface area contributed by atoms with Crippen LogP contribution in [0.2, 0.25) is 0 Å². The minimum atomic E-state index is -0.588. The summed E-state index contributed by atoms with van der Waals surface area (Å²) >= 11 is 0. The average Bonchev–Trinajstić information content (AvgIpc) is 3.11. The van der Waals surface area contributed by atoms with Crippen molar-refractivity contribution in [1.82, 2.24) is 19.9 Å². The molecule has 3 aliphatic rings. The Morgan fingerprint density at radius 2 is 2.22 bits per heavy atom. The fraction of sp³-hybridized carbons (Fsp3) is 0.444. The Labute approximate surface area is 156 Å². The van der Waals surface area contributed by atoms with Crippen LogP contribution in [0.5, 0.6) is 5.75 Å². The van der Waals surface area contributed by atoms with E-state index in [2.05, 4.69) is 20.5 Å². The van der Waals surface area contributed by atoms with Crippen LogP contribution in [0.15, 0.2) is 30.5 Å². The molecule has 5 rings (SSSR count). The zero-order chi connectivity index (χ0) is 19.0. The maximum absolute atomic E-state index is 12.7. The van der Waals surface area contributed by atoms with E-state index in [0.717, 1.165) is 19.4 Å². The first-order chi connectivity index (χ1) is 13.0. The normalized spacial score (nSPS) is 26.7. The van der Waals surface area contributed by atoms with Crippen LogP contribution < -0.4 is 11.1 Å². The van der Waals surface area contributed by atoms with E-state index in [9.17, 15) is 14.7 Å². The number of hydrogen-bond acceptors (Lipinski definition) is 6. The summed E-state index contributed by atoms with van der Waals surface area (Å²) in [6.45, 7) is 2.26. The van der Waals surface area contributed by atoms with E-state index in [1.807, 2.05) is 0 Å². The standard InChI is InChI=1S/C18H22N6O3/c19-17(26)16-10-24(22-21-16)8-13-6-11-4-5-23(13)9-15(11)18(27)20-12-2-1-3-14(25)7-12/h1-3,7,10-11,13,15,25H,4-6,8-9H2,(H2,19,26)(H,20,27)/t11-,13+,15+/m0/s1. The number of hydrogen-bond donors (Lipinski definition) is 3. The number of nitrogens with one attached hydrogen (secondary N) is 1. The van der Waals surface area contributed by atoms with E-state index in [1.54, 1.807) is 35.1 Å². The molecular weight excluding hydrogens is 348 g/mol. The summed E-state index contributed by atoms with van der Waals surface area (Å²) in [5.74, 6) is -0.239. The van der Waals surface area contributed by atoms with Gasteiger partial charge in [-0.05, 0) is 37.4 Å². The minimum Gasteiger partial charge on any atom is -0.508 e. The van der Waals surface area contributed by atoms with E-state index < -0.39 is 5.91 Å². The van der Waals surface area contributed by atoms with Crippen molar-refractivity contribution >= 4 is 17.5 Å². The molecule has 4 N–H and O–H groups in total. The summed E-state index contributed by atoms with van der Waals surface area (Å²) in [6.07, 6.45) is 3.44. The molecule has 1 unspecified atom stereocenters. The van der Waals surface area contributed by atoms with Gasteiger partial charge < -0.3 is 16.2 Å². The van der Waals surface area contributed by atoms with Crippen LogP contribution in [-0.2, 0) is 11.3 Å². The first kappa shape index (κ1) is 17.5.